The van der Waals surface area contributed by atoms with Crippen molar-refractivity contribution in [1.82, 2.24) is 19.7 Å². The Morgan fingerprint density at radius 3 is 2.84 bits per heavy atom. The van der Waals surface area contributed by atoms with Crippen LogP contribution in [0.1, 0.15) is 44.0 Å². The van der Waals surface area contributed by atoms with Crippen molar-refractivity contribution in [2.45, 2.75) is 45.6 Å². The van der Waals surface area contributed by atoms with Gasteiger partial charge in [-0.15, -0.1) is 0 Å². The molecule has 2 heterocycles. The highest BCUT2D eigenvalue weighted by molar-refractivity contribution is 5.52. The van der Waals surface area contributed by atoms with E-state index in [4.69, 9.17) is 0 Å². The number of hydrogen-bond donors (Lipinski definition) is 1. The Morgan fingerprint density at radius 2 is 2.11 bits per heavy atom. The van der Waals surface area contributed by atoms with E-state index in [1.165, 1.54) is 0 Å². The van der Waals surface area contributed by atoms with Gasteiger partial charge in [0, 0.05) is 17.8 Å². The zero-order valence-corrected chi connectivity index (χ0v) is 11.3. The predicted molar refractivity (Wildman–Crippen MR) is 73.1 cm³/mol. The lowest BCUT2D eigenvalue weighted by atomic mass is 9.97. The summed E-state index contributed by atoms with van der Waals surface area (Å²) in [4.78, 5) is 19.6. The lowest BCUT2D eigenvalue weighted by Crippen LogP contribution is -2.21. The van der Waals surface area contributed by atoms with Crippen molar-refractivity contribution in [2.75, 3.05) is 0 Å². The number of nitrogens with zero attached hydrogens (tertiary/aromatic N) is 3. The van der Waals surface area contributed by atoms with Gasteiger partial charge in [-0.05, 0) is 39.5 Å². The maximum Gasteiger partial charge on any atom is 0.254 e. The standard InChI is InChI=1S/C14H18N4O/c1-9(2)18-8-10(7-15-18)13-16-12-6-4-3-5-11(12)14(19)17-13/h7-9H,3-6H2,1-2H3,(H,16,17,19). The number of aryl methyl sites for hydroxylation is 1. The molecular weight excluding hydrogens is 240 g/mol. The van der Waals surface area contributed by atoms with Crippen molar-refractivity contribution in [1.29, 1.82) is 0 Å². The molecule has 1 aliphatic carbocycles. The summed E-state index contributed by atoms with van der Waals surface area (Å²) in [6.07, 6.45) is 7.65. The molecule has 5 heteroatoms. The van der Waals surface area contributed by atoms with Crippen molar-refractivity contribution >= 4 is 0 Å². The molecule has 3 rings (SSSR count). The minimum atomic E-state index is 0.0111. The van der Waals surface area contributed by atoms with Gasteiger partial charge in [0.1, 0.15) is 5.82 Å². The van der Waals surface area contributed by atoms with Crippen LogP contribution in [0.2, 0.25) is 0 Å². The number of nitrogens with one attached hydrogen (secondary N) is 1. The van der Waals surface area contributed by atoms with E-state index in [1.807, 2.05) is 10.9 Å². The first-order valence-corrected chi connectivity index (χ1v) is 6.82. The summed E-state index contributed by atoms with van der Waals surface area (Å²) >= 11 is 0. The van der Waals surface area contributed by atoms with E-state index in [0.717, 1.165) is 42.5 Å². The van der Waals surface area contributed by atoms with Crippen LogP contribution in [0.15, 0.2) is 17.2 Å². The summed E-state index contributed by atoms with van der Waals surface area (Å²) in [7, 11) is 0. The molecule has 0 saturated carbocycles. The third-order valence-electron chi connectivity index (χ3n) is 3.60. The molecule has 0 aliphatic heterocycles. The molecule has 2 aromatic heterocycles. The molecule has 0 fully saturated rings. The second kappa shape index (κ2) is 4.64. The van der Waals surface area contributed by atoms with Gasteiger partial charge in [-0.25, -0.2) is 4.98 Å². The summed E-state index contributed by atoms with van der Waals surface area (Å²) in [5.74, 6) is 0.637. The van der Waals surface area contributed by atoms with E-state index < -0.39 is 0 Å². The van der Waals surface area contributed by atoms with Crippen LogP contribution in [0.4, 0.5) is 0 Å². The normalized spacial score (nSPS) is 14.7. The number of aromatic amines is 1. The molecule has 1 aliphatic rings. The maximum absolute atomic E-state index is 12.1. The first-order chi connectivity index (χ1) is 9.15. The average Bonchev–Trinajstić information content (AvgIpc) is 2.88. The van der Waals surface area contributed by atoms with Crippen LogP contribution in [-0.4, -0.2) is 19.7 Å². The lowest BCUT2D eigenvalue weighted by molar-refractivity contribution is 0.532. The monoisotopic (exact) mass is 258 g/mol. The molecule has 0 aromatic carbocycles. The highest BCUT2D eigenvalue weighted by Gasteiger charge is 2.16. The van der Waals surface area contributed by atoms with Gasteiger partial charge in [0.2, 0.25) is 0 Å². The van der Waals surface area contributed by atoms with E-state index in [9.17, 15) is 4.79 Å². The molecule has 0 atom stereocenters. The fourth-order valence-electron chi connectivity index (χ4n) is 2.48. The Kier molecular flexibility index (Phi) is 2.97. The molecule has 100 valence electrons. The smallest absolute Gasteiger partial charge is 0.254 e. The summed E-state index contributed by atoms with van der Waals surface area (Å²) in [6, 6.07) is 0.304. The highest BCUT2D eigenvalue weighted by Crippen LogP contribution is 2.20. The predicted octanol–water partition coefficient (Wildman–Crippen LogP) is 2.09. The average molecular weight is 258 g/mol. The van der Waals surface area contributed by atoms with Gasteiger partial charge in [0.05, 0.1) is 17.5 Å². The van der Waals surface area contributed by atoms with Crippen LogP contribution in [0, 0.1) is 0 Å². The quantitative estimate of drug-likeness (QED) is 0.897. The molecule has 5 nitrogen and oxygen atoms in total. The summed E-state index contributed by atoms with van der Waals surface area (Å²) in [5, 5.41) is 4.29. The van der Waals surface area contributed by atoms with Crippen molar-refractivity contribution < 1.29 is 0 Å². The van der Waals surface area contributed by atoms with E-state index in [1.54, 1.807) is 6.20 Å². The van der Waals surface area contributed by atoms with Crippen molar-refractivity contribution in [3.8, 4) is 11.4 Å². The van der Waals surface area contributed by atoms with Crippen LogP contribution >= 0.6 is 0 Å². The van der Waals surface area contributed by atoms with Gasteiger partial charge >= 0.3 is 0 Å². The minimum absolute atomic E-state index is 0.0111. The van der Waals surface area contributed by atoms with Crippen LogP contribution in [0.25, 0.3) is 11.4 Å². The Balaban J connectivity index is 2.05. The van der Waals surface area contributed by atoms with Crippen molar-refractivity contribution in [2.24, 2.45) is 0 Å². The molecule has 0 spiro atoms. The van der Waals surface area contributed by atoms with Crippen molar-refractivity contribution in [3.05, 3.63) is 34.0 Å². The first-order valence-electron chi connectivity index (χ1n) is 6.82. The van der Waals surface area contributed by atoms with Gasteiger partial charge in [0.15, 0.2) is 0 Å². The second-order valence-electron chi connectivity index (χ2n) is 5.35. The maximum atomic E-state index is 12.1. The molecule has 0 amide bonds. The van der Waals surface area contributed by atoms with Gasteiger partial charge in [-0.1, -0.05) is 0 Å². The Hall–Kier alpha value is -1.91. The number of hydrogen-bond acceptors (Lipinski definition) is 3. The number of rotatable bonds is 2. The Morgan fingerprint density at radius 1 is 1.32 bits per heavy atom. The molecule has 2 aromatic rings. The molecular formula is C14H18N4O. The van der Waals surface area contributed by atoms with Gasteiger partial charge < -0.3 is 4.98 Å². The third kappa shape index (κ3) is 2.20. The number of fused-ring (bicyclic) bond motifs is 1. The molecule has 0 unspecified atom stereocenters. The largest absolute Gasteiger partial charge is 0.306 e. The Labute approximate surface area is 111 Å². The number of aromatic nitrogens is 4. The molecule has 0 saturated heterocycles. The summed E-state index contributed by atoms with van der Waals surface area (Å²) < 4.78 is 1.87. The second-order valence-corrected chi connectivity index (χ2v) is 5.35. The highest BCUT2D eigenvalue weighted by atomic mass is 16.1. The first kappa shape index (κ1) is 12.1. The molecule has 0 bridgehead atoms. The van der Waals surface area contributed by atoms with Crippen LogP contribution in [0.5, 0.6) is 0 Å². The zero-order chi connectivity index (χ0) is 13.4. The number of H-pyrrole nitrogens is 1. The molecule has 19 heavy (non-hydrogen) atoms. The lowest BCUT2D eigenvalue weighted by Gasteiger charge is -2.14. The molecule has 0 radical (unpaired) electrons. The van der Waals surface area contributed by atoms with Crippen LogP contribution in [0.3, 0.4) is 0 Å². The minimum Gasteiger partial charge on any atom is -0.306 e. The van der Waals surface area contributed by atoms with Gasteiger partial charge in [-0.3, -0.25) is 9.48 Å². The fraction of sp³-hybridized carbons (Fsp3) is 0.500. The Bertz CT molecular complexity index is 654. The summed E-state index contributed by atoms with van der Waals surface area (Å²) in [5.41, 5.74) is 2.71. The van der Waals surface area contributed by atoms with Crippen molar-refractivity contribution in [3.63, 3.8) is 0 Å². The zero-order valence-electron chi connectivity index (χ0n) is 11.3. The van der Waals surface area contributed by atoms with Gasteiger partial charge in [-0.2, -0.15) is 5.10 Å². The van der Waals surface area contributed by atoms with Crippen LogP contribution in [-0.2, 0) is 12.8 Å². The topological polar surface area (TPSA) is 63.6 Å². The van der Waals surface area contributed by atoms with E-state index in [-0.39, 0.29) is 5.56 Å². The summed E-state index contributed by atoms with van der Waals surface area (Å²) in [6.45, 7) is 4.14. The van der Waals surface area contributed by atoms with E-state index in [2.05, 4.69) is 28.9 Å². The van der Waals surface area contributed by atoms with Gasteiger partial charge in [0.25, 0.3) is 5.56 Å². The SMILES string of the molecule is CC(C)n1cc(-c2nc3c(c(=O)[nH]2)CCCC3)cn1. The fourth-order valence-corrected chi connectivity index (χ4v) is 2.48. The third-order valence-corrected chi connectivity index (χ3v) is 3.60. The van der Waals surface area contributed by atoms with E-state index >= 15 is 0 Å². The van der Waals surface area contributed by atoms with Crippen LogP contribution < -0.4 is 5.56 Å². The van der Waals surface area contributed by atoms with E-state index in [0.29, 0.717) is 11.9 Å². The molecule has 1 N–H and O–H groups in total.